The number of rotatable bonds is 2. The van der Waals surface area contributed by atoms with E-state index in [2.05, 4.69) is 22.0 Å². The molecule has 2 fully saturated rings. The molecular formula is C15H20BrClS. The highest BCUT2D eigenvalue weighted by molar-refractivity contribution is 9.09. The van der Waals surface area contributed by atoms with Crippen molar-refractivity contribution in [1.29, 1.82) is 0 Å². The van der Waals surface area contributed by atoms with Gasteiger partial charge in [-0.05, 0) is 49.1 Å². The Morgan fingerprint density at radius 2 is 1.89 bits per heavy atom. The molecule has 0 N–H and O–H groups in total. The van der Waals surface area contributed by atoms with Crippen LogP contribution in [0.4, 0.5) is 0 Å². The summed E-state index contributed by atoms with van der Waals surface area (Å²) in [7, 11) is 0. The van der Waals surface area contributed by atoms with E-state index in [4.69, 9.17) is 11.6 Å². The minimum atomic E-state index is 0.526. The number of hydrogen-bond donors (Lipinski definition) is 0. The number of halogens is 2. The second kappa shape index (κ2) is 5.85. The Labute approximate surface area is 127 Å². The molecule has 2 aliphatic rings. The third-order valence-electron chi connectivity index (χ3n) is 4.86. The van der Waals surface area contributed by atoms with Crippen molar-refractivity contribution in [3.63, 3.8) is 0 Å². The van der Waals surface area contributed by atoms with Gasteiger partial charge in [-0.25, -0.2) is 0 Å². The summed E-state index contributed by atoms with van der Waals surface area (Å²) in [5.74, 6) is 2.87. The summed E-state index contributed by atoms with van der Waals surface area (Å²) in [6.07, 6.45) is 10.2. The van der Waals surface area contributed by atoms with Crippen LogP contribution in [0, 0.1) is 17.8 Å². The van der Waals surface area contributed by atoms with Gasteiger partial charge in [0.25, 0.3) is 0 Å². The van der Waals surface area contributed by atoms with Crippen LogP contribution >= 0.6 is 38.9 Å². The minimum absolute atomic E-state index is 0.526. The van der Waals surface area contributed by atoms with Crippen molar-refractivity contribution in [2.75, 3.05) is 0 Å². The first kappa shape index (κ1) is 13.5. The molecule has 0 aliphatic heterocycles. The molecule has 1 heterocycles. The minimum Gasteiger partial charge on any atom is -0.127 e. The van der Waals surface area contributed by atoms with Gasteiger partial charge in [0, 0.05) is 4.88 Å². The molecule has 100 valence electrons. The van der Waals surface area contributed by atoms with Gasteiger partial charge in [-0.15, -0.1) is 11.3 Å². The maximum Gasteiger partial charge on any atom is 0.0931 e. The summed E-state index contributed by atoms with van der Waals surface area (Å²) in [5, 5.41) is 0. The molecule has 18 heavy (non-hydrogen) atoms. The molecule has 3 rings (SSSR count). The van der Waals surface area contributed by atoms with Crippen molar-refractivity contribution >= 4 is 38.9 Å². The molecule has 1 aromatic heterocycles. The Morgan fingerprint density at radius 3 is 2.61 bits per heavy atom. The smallest absolute Gasteiger partial charge is 0.0931 e. The van der Waals surface area contributed by atoms with Crippen molar-refractivity contribution in [2.24, 2.45) is 17.8 Å². The fraction of sp³-hybridized carbons (Fsp3) is 0.733. The number of alkyl halides is 1. The Bertz CT molecular complexity index is 403. The van der Waals surface area contributed by atoms with Crippen molar-refractivity contribution in [1.82, 2.24) is 0 Å². The van der Waals surface area contributed by atoms with Gasteiger partial charge >= 0.3 is 0 Å². The van der Waals surface area contributed by atoms with Gasteiger partial charge in [-0.2, -0.15) is 0 Å². The fourth-order valence-corrected chi connectivity index (χ4v) is 5.93. The molecule has 0 saturated heterocycles. The van der Waals surface area contributed by atoms with Crippen LogP contribution in [0.2, 0.25) is 4.34 Å². The molecule has 2 aliphatic carbocycles. The van der Waals surface area contributed by atoms with E-state index in [1.165, 1.54) is 49.8 Å². The van der Waals surface area contributed by atoms with E-state index in [-0.39, 0.29) is 0 Å². The maximum atomic E-state index is 6.05. The molecule has 1 aromatic rings. The van der Waals surface area contributed by atoms with Crippen LogP contribution in [0.15, 0.2) is 12.1 Å². The molecule has 4 atom stereocenters. The SMILES string of the molecule is Clc1ccc(C(Br)C2CCC3CCCCC3C2)s1. The van der Waals surface area contributed by atoms with Gasteiger partial charge in [0.2, 0.25) is 0 Å². The average Bonchev–Trinajstić information content (AvgIpc) is 2.84. The van der Waals surface area contributed by atoms with Crippen molar-refractivity contribution in [3.8, 4) is 0 Å². The molecule has 2 saturated carbocycles. The van der Waals surface area contributed by atoms with E-state index in [1.54, 1.807) is 11.3 Å². The quantitative estimate of drug-likeness (QED) is 0.540. The lowest BCUT2D eigenvalue weighted by atomic mass is 9.67. The zero-order valence-corrected chi connectivity index (χ0v) is 13.7. The first-order valence-electron chi connectivity index (χ1n) is 7.13. The van der Waals surface area contributed by atoms with E-state index >= 15 is 0 Å². The highest BCUT2D eigenvalue weighted by Gasteiger charge is 2.35. The molecule has 3 heteroatoms. The lowest BCUT2D eigenvalue weighted by Crippen LogP contribution is -2.29. The fourth-order valence-electron chi connectivity index (χ4n) is 3.88. The topological polar surface area (TPSA) is 0 Å². The van der Waals surface area contributed by atoms with Crippen LogP contribution in [-0.4, -0.2) is 0 Å². The largest absolute Gasteiger partial charge is 0.127 e. The molecule has 0 nitrogen and oxygen atoms in total. The van der Waals surface area contributed by atoms with Gasteiger partial charge in [0.05, 0.1) is 9.16 Å². The third-order valence-corrected chi connectivity index (χ3v) is 7.72. The lowest BCUT2D eigenvalue weighted by Gasteiger charge is -2.40. The monoisotopic (exact) mass is 346 g/mol. The number of hydrogen-bond acceptors (Lipinski definition) is 1. The first-order chi connectivity index (χ1) is 8.74. The Kier molecular flexibility index (Phi) is 4.37. The van der Waals surface area contributed by atoms with Crippen LogP contribution < -0.4 is 0 Å². The predicted octanol–water partition coefficient (Wildman–Crippen LogP) is 6.44. The van der Waals surface area contributed by atoms with Crippen LogP contribution in [0.5, 0.6) is 0 Å². The van der Waals surface area contributed by atoms with Gasteiger partial charge < -0.3 is 0 Å². The van der Waals surface area contributed by atoms with Gasteiger partial charge in [0.15, 0.2) is 0 Å². The second-order valence-electron chi connectivity index (χ2n) is 5.92. The molecule has 0 radical (unpaired) electrons. The van der Waals surface area contributed by atoms with Gasteiger partial charge in [0.1, 0.15) is 0 Å². The summed E-state index contributed by atoms with van der Waals surface area (Å²) in [5.41, 5.74) is 0. The van der Waals surface area contributed by atoms with Crippen molar-refractivity contribution in [2.45, 2.75) is 49.8 Å². The number of fused-ring (bicyclic) bond motifs is 1. The average molecular weight is 348 g/mol. The highest BCUT2D eigenvalue weighted by Crippen LogP contribution is 2.49. The van der Waals surface area contributed by atoms with Crippen LogP contribution in [0.1, 0.15) is 54.7 Å². The zero-order valence-electron chi connectivity index (χ0n) is 10.6. The highest BCUT2D eigenvalue weighted by atomic mass is 79.9. The Balaban J connectivity index is 1.66. The Morgan fingerprint density at radius 1 is 1.11 bits per heavy atom. The van der Waals surface area contributed by atoms with E-state index < -0.39 is 0 Å². The molecule has 0 bridgehead atoms. The molecular weight excluding hydrogens is 328 g/mol. The molecule has 4 unspecified atom stereocenters. The van der Waals surface area contributed by atoms with Crippen molar-refractivity contribution < 1.29 is 0 Å². The molecule has 0 spiro atoms. The van der Waals surface area contributed by atoms with E-state index in [9.17, 15) is 0 Å². The Hall–Kier alpha value is 0.470. The van der Waals surface area contributed by atoms with Crippen LogP contribution in [0.25, 0.3) is 0 Å². The summed E-state index contributed by atoms with van der Waals surface area (Å²) < 4.78 is 0.917. The zero-order chi connectivity index (χ0) is 12.5. The predicted molar refractivity (Wildman–Crippen MR) is 83.8 cm³/mol. The normalized spacial score (nSPS) is 34.0. The van der Waals surface area contributed by atoms with E-state index in [0.29, 0.717) is 4.83 Å². The second-order valence-corrected chi connectivity index (χ2v) is 8.65. The maximum absolute atomic E-state index is 6.05. The van der Waals surface area contributed by atoms with E-state index in [0.717, 1.165) is 22.1 Å². The summed E-state index contributed by atoms with van der Waals surface area (Å²) in [6.45, 7) is 0. The van der Waals surface area contributed by atoms with E-state index in [1.807, 2.05) is 6.07 Å². The summed E-state index contributed by atoms with van der Waals surface area (Å²) in [4.78, 5) is 1.94. The molecule has 0 amide bonds. The lowest BCUT2D eigenvalue weighted by molar-refractivity contribution is 0.129. The van der Waals surface area contributed by atoms with Crippen molar-refractivity contribution in [3.05, 3.63) is 21.3 Å². The van der Waals surface area contributed by atoms with Gasteiger partial charge in [-0.3, -0.25) is 0 Å². The third kappa shape index (κ3) is 2.81. The van der Waals surface area contributed by atoms with Crippen LogP contribution in [-0.2, 0) is 0 Å². The number of thiophene rings is 1. The van der Waals surface area contributed by atoms with Gasteiger partial charge in [-0.1, -0.05) is 53.2 Å². The standard InChI is InChI=1S/C15H20BrClS/c16-15(13-7-8-14(17)18-13)12-6-5-10-3-1-2-4-11(10)9-12/h7-8,10-12,15H,1-6,9H2. The summed E-state index contributed by atoms with van der Waals surface area (Å²) >= 11 is 11.7. The first-order valence-corrected chi connectivity index (χ1v) is 9.24. The summed E-state index contributed by atoms with van der Waals surface area (Å²) in [6, 6.07) is 4.22. The van der Waals surface area contributed by atoms with Crippen LogP contribution in [0.3, 0.4) is 0 Å². The molecule has 0 aromatic carbocycles.